The average molecular weight is 168 g/mol. The van der Waals surface area contributed by atoms with E-state index >= 15 is 0 Å². The van der Waals surface area contributed by atoms with Gasteiger partial charge in [0, 0.05) is 5.92 Å². The highest BCUT2D eigenvalue weighted by molar-refractivity contribution is 5.78. The fourth-order valence-electron chi connectivity index (χ4n) is 2.14. The molecule has 2 atom stereocenters. The number of carbonyl (C=O) groups is 1. The molecular formula is C11H20O. The third-order valence-electron chi connectivity index (χ3n) is 3.23. The Morgan fingerprint density at radius 2 is 1.83 bits per heavy atom. The molecule has 1 aliphatic carbocycles. The van der Waals surface area contributed by atoms with Gasteiger partial charge < -0.3 is 0 Å². The van der Waals surface area contributed by atoms with Crippen LogP contribution in [-0.4, -0.2) is 5.78 Å². The fourth-order valence-corrected chi connectivity index (χ4v) is 2.14. The lowest BCUT2D eigenvalue weighted by Gasteiger charge is -2.26. The Hall–Kier alpha value is -0.330. The number of hydrogen-bond acceptors (Lipinski definition) is 1. The minimum Gasteiger partial charge on any atom is -0.300 e. The zero-order valence-electron chi connectivity index (χ0n) is 8.68. The maximum Gasteiger partial charge on any atom is 0.132 e. The predicted octanol–water partition coefficient (Wildman–Crippen LogP) is 3.04. The van der Waals surface area contributed by atoms with Crippen LogP contribution in [0.5, 0.6) is 0 Å². The predicted molar refractivity (Wildman–Crippen MR) is 51.0 cm³/mol. The molecule has 0 spiro atoms. The largest absolute Gasteiger partial charge is 0.300 e. The summed E-state index contributed by atoms with van der Waals surface area (Å²) in [6.07, 6.45) is 3.49. The molecule has 12 heavy (non-hydrogen) atoms. The van der Waals surface area contributed by atoms with Gasteiger partial charge in [-0.1, -0.05) is 20.8 Å². The van der Waals surface area contributed by atoms with E-state index in [4.69, 9.17) is 0 Å². The molecule has 0 aromatic carbocycles. The molecule has 0 N–H and O–H groups in total. The monoisotopic (exact) mass is 168 g/mol. The molecule has 0 amide bonds. The smallest absolute Gasteiger partial charge is 0.132 e. The summed E-state index contributed by atoms with van der Waals surface area (Å²) in [4.78, 5) is 11.1. The Morgan fingerprint density at radius 3 is 2.08 bits per heavy atom. The van der Waals surface area contributed by atoms with Gasteiger partial charge in [0.05, 0.1) is 0 Å². The van der Waals surface area contributed by atoms with Crippen molar-refractivity contribution in [3.05, 3.63) is 0 Å². The topological polar surface area (TPSA) is 17.1 Å². The number of hydrogen-bond donors (Lipinski definition) is 0. The Balaban J connectivity index is 2.51. The number of rotatable bonds is 1. The van der Waals surface area contributed by atoms with E-state index in [9.17, 15) is 4.79 Å². The van der Waals surface area contributed by atoms with Crippen molar-refractivity contribution in [1.29, 1.82) is 0 Å². The molecule has 0 aromatic heterocycles. The minimum atomic E-state index is 0.370. The van der Waals surface area contributed by atoms with E-state index in [-0.39, 0.29) is 0 Å². The molecule has 1 aliphatic rings. The first-order chi connectivity index (χ1) is 5.41. The quantitative estimate of drug-likeness (QED) is 0.588. The lowest BCUT2D eigenvalue weighted by molar-refractivity contribution is -0.120. The van der Waals surface area contributed by atoms with Crippen LogP contribution in [0.15, 0.2) is 0 Å². The van der Waals surface area contributed by atoms with Crippen LogP contribution in [0.25, 0.3) is 0 Å². The molecule has 70 valence electrons. The summed E-state index contributed by atoms with van der Waals surface area (Å²) in [7, 11) is 0. The highest BCUT2D eigenvalue weighted by atomic mass is 16.1. The SMILES string of the molecule is CC(=O)[C@@H]1CC[C@@H](C(C)(C)C)C1. The van der Waals surface area contributed by atoms with Crippen LogP contribution in [-0.2, 0) is 4.79 Å². The van der Waals surface area contributed by atoms with Crippen LogP contribution in [0.2, 0.25) is 0 Å². The van der Waals surface area contributed by atoms with Crippen LogP contribution in [0.1, 0.15) is 47.0 Å². The first-order valence-corrected chi connectivity index (χ1v) is 4.91. The van der Waals surface area contributed by atoms with E-state index in [2.05, 4.69) is 20.8 Å². The first-order valence-electron chi connectivity index (χ1n) is 4.91. The molecule has 1 nitrogen and oxygen atoms in total. The van der Waals surface area contributed by atoms with Crippen molar-refractivity contribution >= 4 is 5.78 Å². The van der Waals surface area contributed by atoms with E-state index in [1.165, 1.54) is 6.42 Å². The van der Waals surface area contributed by atoms with Crippen LogP contribution >= 0.6 is 0 Å². The van der Waals surface area contributed by atoms with Crippen molar-refractivity contribution in [3.63, 3.8) is 0 Å². The molecule has 0 aromatic rings. The lowest BCUT2D eigenvalue weighted by atomic mass is 9.79. The Labute approximate surface area is 75.5 Å². The van der Waals surface area contributed by atoms with Crippen molar-refractivity contribution in [2.75, 3.05) is 0 Å². The lowest BCUT2D eigenvalue weighted by Crippen LogP contribution is -2.18. The molecule has 1 heteroatoms. The second-order valence-electron chi connectivity index (χ2n) is 5.18. The number of ketones is 1. The summed E-state index contributed by atoms with van der Waals surface area (Å²) in [6, 6.07) is 0. The average Bonchev–Trinajstić information content (AvgIpc) is 2.30. The van der Waals surface area contributed by atoms with Gasteiger partial charge >= 0.3 is 0 Å². The molecule has 1 fully saturated rings. The van der Waals surface area contributed by atoms with Crippen LogP contribution in [0.4, 0.5) is 0 Å². The van der Waals surface area contributed by atoms with Gasteiger partial charge in [-0.15, -0.1) is 0 Å². The van der Waals surface area contributed by atoms with Crippen molar-refractivity contribution in [2.24, 2.45) is 17.3 Å². The van der Waals surface area contributed by atoms with Gasteiger partial charge in [0.2, 0.25) is 0 Å². The molecule has 1 rings (SSSR count). The van der Waals surface area contributed by atoms with E-state index in [0.717, 1.165) is 18.8 Å². The van der Waals surface area contributed by atoms with Crippen LogP contribution in [0.3, 0.4) is 0 Å². The zero-order chi connectivity index (χ0) is 9.35. The van der Waals surface area contributed by atoms with Gasteiger partial charge in [-0.2, -0.15) is 0 Å². The maximum absolute atomic E-state index is 11.1. The highest BCUT2D eigenvalue weighted by Gasteiger charge is 2.34. The maximum atomic E-state index is 11.1. The third-order valence-corrected chi connectivity index (χ3v) is 3.23. The van der Waals surface area contributed by atoms with Gasteiger partial charge in [-0.05, 0) is 37.5 Å². The molecule has 0 heterocycles. The van der Waals surface area contributed by atoms with Gasteiger partial charge in [0.25, 0.3) is 0 Å². The third kappa shape index (κ3) is 2.09. The molecule has 0 radical (unpaired) electrons. The van der Waals surface area contributed by atoms with Crippen molar-refractivity contribution in [2.45, 2.75) is 47.0 Å². The zero-order valence-corrected chi connectivity index (χ0v) is 8.68. The van der Waals surface area contributed by atoms with Crippen molar-refractivity contribution in [3.8, 4) is 0 Å². The molecule has 1 saturated carbocycles. The summed E-state index contributed by atoms with van der Waals surface area (Å²) in [5.41, 5.74) is 0.393. The first kappa shape index (κ1) is 9.76. The summed E-state index contributed by atoms with van der Waals surface area (Å²) in [5.74, 6) is 1.52. The van der Waals surface area contributed by atoms with Gasteiger partial charge in [0.15, 0.2) is 0 Å². The van der Waals surface area contributed by atoms with E-state index in [1.807, 2.05) is 0 Å². The summed E-state index contributed by atoms with van der Waals surface area (Å²) >= 11 is 0. The minimum absolute atomic E-state index is 0.370. The van der Waals surface area contributed by atoms with Crippen molar-refractivity contribution < 1.29 is 4.79 Å². The standard InChI is InChI=1S/C11H20O/c1-8(12)9-5-6-10(7-9)11(2,3)4/h9-10H,5-7H2,1-4H3/t9-,10-/m1/s1. The molecule has 0 bridgehead atoms. The molecule has 0 aliphatic heterocycles. The van der Waals surface area contributed by atoms with Crippen LogP contribution in [0, 0.1) is 17.3 Å². The van der Waals surface area contributed by atoms with E-state index < -0.39 is 0 Å². The Morgan fingerprint density at radius 1 is 1.25 bits per heavy atom. The fraction of sp³-hybridized carbons (Fsp3) is 0.909. The highest BCUT2D eigenvalue weighted by Crippen LogP contribution is 2.42. The number of Topliss-reactive ketones (excluding diaryl/α,β-unsaturated/α-hetero) is 1. The van der Waals surface area contributed by atoms with Crippen LogP contribution < -0.4 is 0 Å². The number of carbonyl (C=O) groups excluding carboxylic acids is 1. The Bertz CT molecular complexity index is 176. The van der Waals surface area contributed by atoms with Crippen molar-refractivity contribution in [1.82, 2.24) is 0 Å². The second kappa shape index (κ2) is 3.20. The summed E-state index contributed by atoms with van der Waals surface area (Å²) < 4.78 is 0. The van der Waals surface area contributed by atoms with E-state index in [1.54, 1.807) is 6.92 Å². The summed E-state index contributed by atoms with van der Waals surface area (Å²) in [6.45, 7) is 8.57. The summed E-state index contributed by atoms with van der Waals surface area (Å²) in [5, 5.41) is 0. The van der Waals surface area contributed by atoms with E-state index in [0.29, 0.717) is 17.1 Å². The normalized spacial score (nSPS) is 30.7. The molecule has 0 unspecified atom stereocenters. The molecule has 0 saturated heterocycles. The molecular weight excluding hydrogens is 148 g/mol. The Kier molecular flexibility index (Phi) is 2.60. The van der Waals surface area contributed by atoms with Gasteiger partial charge in [0.1, 0.15) is 5.78 Å². The van der Waals surface area contributed by atoms with Gasteiger partial charge in [-0.25, -0.2) is 0 Å². The second-order valence-corrected chi connectivity index (χ2v) is 5.18. The van der Waals surface area contributed by atoms with Gasteiger partial charge in [-0.3, -0.25) is 4.79 Å².